The zero-order valence-corrected chi connectivity index (χ0v) is 13.2. The third-order valence-corrected chi connectivity index (χ3v) is 4.09. The molecule has 0 aliphatic carbocycles. The number of rotatable bonds is 6. The highest BCUT2D eigenvalue weighted by atomic mass is 16.5. The molecule has 0 aliphatic rings. The maximum absolute atomic E-state index is 5.86. The molecule has 0 aromatic heterocycles. The standard InChI is InChI=1S/C19H25NO/c1-4-17(14-20)21-18-12-10-16(11-13-18)19(2,3)15-8-6-5-7-9-15/h5-13,17H,4,14,20H2,1-3H3. The molecule has 1 atom stereocenters. The fourth-order valence-corrected chi connectivity index (χ4v) is 2.46. The van der Waals surface area contributed by atoms with Crippen LogP contribution < -0.4 is 10.5 Å². The molecule has 2 heteroatoms. The highest BCUT2D eigenvalue weighted by molar-refractivity contribution is 5.39. The van der Waals surface area contributed by atoms with E-state index in [9.17, 15) is 0 Å². The molecule has 112 valence electrons. The molecule has 0 spiro atoms. The molecule has 0 aliphatic heterocycles. The highest BCUT2D eigenvalue weighted by Gasteiger charge is 2.22. The van der Waals surface area contributed by atoms with Crippen molar-refractivity contribution in [3.63, 3.8) is 0 Å². The van der Waals surface area contributed by atoms with Gasteiger partial charge in [0, 0.05) is 12.0 Å². The lowest BCUT2D eigenvalue weighted by molar-refractivity contribution is 0.205. The Morgan fingerprint density at radius 3 is 2.05 bits per heavy atom. The van der Waals surface area contributed by atoms with E-state index in [-0.39, 0.29) is 11.5 Å². The van der Waals surface area contributed by atoms with E-state index in [2.05, 4.69) is 57.2 Å². The van der Waals surface area contributed by atoms with E-state index in [1.165, 1.54) is 11.1 Å². The van der Waals surface area contributed by atoms with Crippen LogP contribution in [0.4, 0.5) is 0 Å². The summed E-state index contributed by atoms with van der Waals surface area (Å²) >= 11 is 0. The van der Waals surface area contributed by atoms with E-state index in [4.69, 9.17) is 10.5 Å². The van der Waals surface area contributed by atoms with Gasteiger partial charge in [0.2, 0.25) is 0 Å². The minimum absolute atomic E-state index is 0.0161. The van der Waals surface area contributed by atoms with Gasteiger partial charge >= 0.3 is 0 Å². The lowest BCUT2D eigenvalue weighted by Crippen LogP contribution is -2.25. The van der Waals surface area contributed by atoms with Gasteiger partial charge in [-0.05, 0) is 29.7 Å². The Balaban J connectivity index is 2.18. The lowest BCUT2D eigenvalue weighted by atomic mass is 9.78. The number of hydrogen-bond acceptors (Lipinski definition) is 2. The van der Waals surface area contributed by atoms with Gasteiger partial charge in [-0.2, -0.15) is 0 Å². The smallest absolute Gasteiger partial charge is 0.119 e. The second kappa shape index (κ2) is 6.77. The SMILES string of the molecule is CCC(CN)Oc1ccc(C(C)(C)c2ccccc2)cc1. The fourth-order valence-electron chi connectivity index (χ4n) is 2.46. The van der Waals surface area contributed by atoms with Crippen molar-refractivity contribution < 1.29 is 4.74 Å². The monoisotopic (exact) mass is 283 g/mol. The first-order valence-electron chi connectivity index (χ1n) is 7.60. The van der Waals surface area contributed by atoms with Crippen LogP contribution in [0.3, 0.4) is 0 Å². The van der Waals surface area contributed by atoms with Gasteiger partial charge in [0.05, 0.1) is 0 Å². The van der Waals surface area contributed by atoms with Crippen LogP contribution in [0.15, 0.2) is 54.6 Å². The Morgan fingerprint density at radius 2 is 1.52 bits per heavy atom. The molecule has 2 rings (SSSR count). The van der Waals surface area contributed by atoms with Gasteiger partial charge in [0.25, 0.3) is 0 Å². The summed E-state index contributed by atoms with van der Waals surface area (Å²) < 4.78 is 5.86. The van der Waals surface area contributed by atoms with Crippen molar-refractivity contribution in [2.45, 2.75) is 38.7 Å². The molecule has 0 radical (unpaired) electrons. The number of ether oxygens (including phenoxy) is 1. The first-order valence-corrected chi connectivity index (χ1v) is 7.60. The van der Waals surface area contributed by atoms with Crippen LogP contribution in [-0.4, -0.2) is 12.6 Å². The second-order valence-corrected chi connectivity index (χ2v) is 5.90. The molecule has 2 aromatic rings. The molecule has 1 unspecified atom stereocenters. The van der Waals surface area contributed by atoms with E-state index in [1.807, 2.05) is 18.2 Å². The molecule has 0 saturated heterocycles. The summed E-state index contributed by atoms with van der Waals surface area (Å²) in [5, 5.41) is 0. The van der Waals surface area contributed by atoms with E-state index >= 15 is 0 Å². The van der Waals surface area contributed by atoms with E-state index < -0.39 is 0 Å². The van der Waals surface area contributed by atoms with Crippen molar-refractivity contribution >= 4 is 0 Å². The molecule has 0 heterocycles. The van der Waals surface area contributed by atoms with Crippen LogP contribution in [0.1, 0.15) is 38.3 Å². The quantitative estimate of drug-likeness (QED) is 0.865. The molecule has 0 saturated carbocycles. The highest BCUT2D eigenvalue weighted by Crippen LogP contribution is 2.32. The molecular weight excluding hydrogens is 258 g/mol. The Labute approximate surface area is 127 Å². The van der Waals surface area contributed by atoms with Crippen LogP contribution in [-0.2, 0) is 5.41 Å². The molecule has 2 aromatic carbocycles. The van der Waals surface area contributed by atoms with Gasteiger partial charge in [-0.1, -0.05) is 63.2 Å². The molecule has 0 amide bonds. The van der Waals surface area contributed by atoms with Gasteiger partial charge in [0.15, 0.2) is 0 Å². The normalized spacial score (nSPS) is 13.0. The maximum Gasteiger partial charge on any atom is 0.119 e. The van der Waals surface area contributed by atoms with E-state index in [0.717, 1.165) is 12.2 Å². The van der Waals surface area contributed by atoms with Crippen molar-refractivity contribution in [3.8, 4) is 5.75 Å². The topological polar surface area (TPSA) is 35.2 Å². The summed E-state index contributed by atoms with van der Waals surface area (Å²) in [6.45, 7) is 7.12. The van der Waals surface area contributed by atoms with Gasteiger partial charge in [-0.15, -0.1) is 0 Å². The zero-order valence-electron chi connectivity index (χ0n) is 13.2. The van der Waals surface area contributed by atoms with Crippen LogP contribution in [0.2, 0.25) is 0 Å². The first-order chi connectivity index (χ1) is 10.1. The fraction of sp³-hybridized carbons (Fsp3) is 0.368. The maximum atomic E-state index is 5.86. The van der Waals surface area contributed by atoms with Crippen molar-refractivity contribution in [2.75, 3.05) is 6.54 Å². The van der Waals surface area contributed by atoms with Crippen molar-refractivity contribution in [2.24, 2.45) is 5.73 Å². The largest absolute Gasteiger partial charge is 0.489 e. The predicted octanol–water partition coefficient (Wildman–Crippen LogP) is 4.13. The molecule has 2 N–H and O–H groups in total. The van der Waals surface area contributed by atoms with Gasteiger partial charge in [-0.3, -0.25) is 0 Å². The summed E-state index contributed by atoms with van der Waals surface area (Å²) in [5.41, 5.74) is 8.26. The van der Waals surface area contributed by atoms with E-state index in [1.54, 1.807) is 0 Å². The predicted molar refractivity (Wildman–Crippen MR) is 88.8 cm³/mol. The molecule has 0 bridgehead atoms. The summed E-state index contributed by atoms with van der Waals surface area (Å²) in [6.07, 6.45) is 1.02. The Morgan fingerprint density at radius 1 is 0.952 bits per heavy atom. The summed E-state index contributed by atoms with van der Waals surface area (Å²) in [4.78, 5) is 0. The first kappa shape index (κ1) is 15.6. The summed E-state index contributed by atoms with van der Waals surface area (Å²) in [7, 11) is 0. The second-order valence-electron chi connectivity index (χ2n) is 5.90. The van der Waals surface area contributed by atoms with E-state index in [0.29, 0.717) is 6.54 Å². The molecule has 21 heavy (non-hydrogen) atoms. The minimum Gasteiger partial charge on any atom is -0.489 e. The summed E-state index contributed by atoms with van der Waals surface area (Å²) in [6, 6.07) is 18.9. The van der Waals surface area contributed by atoms with Gasteiger partial charge in [0.1, 0.15) is 11.9 Å². The number of nitrogens with two attached hydrogens (primary N) is 1. The Kier molecular flexibility index (Phi) is 5.03. The number of benzene rings is 2. The zero-order chi connectivity index (χ0) is 15.3. The van der Waals surface area contributed by atoms with Crippen molar-refractivity contribution in [1.29, 1.82) is 0 Å². The van der Waals surface area contributed by atoms with Crippen molar-refractivity contribution in [3.05, 3.63) is 65.7 Å². The Hall–Kier alpha value is -1.80. The minimum atomic E-state index is -0.0161. The van der Waals surface area contributed by atoms with Crippen LogP contribution in [0, 0.1) is 0 Å². The Bertz CT molecular complexity index is 542. The van der Waals surface area contributed by atoms with Gasteiger partial charge in [-0.25, -0.2) is 0 Å². The third-order valence-electron chi connectivity index (χ3n) is 4.09. The van der Waals surface area contributed by atoms with Crippen LogP contribution in [0.25, 0.3) is 0 Å². The molecular formula is C19H25NO. The number of hydrogen-bond donors (Lipinski definition) is 1. The lowest BCUT2D eigenvalue weighted by Gasteiger charge is -2.26. The van der Waals surface area contributed by atoms with Crippen molar-refractivity contribution in [1.82, 2.24) is 0 Å². The average molecular weight is 283 g/mol. The van der Waals surface area contributed by atoms with Crippen LogP contribution >= 0.6 is 0 Å². The summed E-state index contributed by atoms with van der Waals surface area (Å²) in [5.74, 6) is 0.889. The van der Waals surface area contributed by atoms with Crippen LogP contribution in [0.5, 0.6) is 5.75 Å². The average Bonchev–Trinajstić information content (AvgIpc) is 2.54. The molecule has 0 fully saturated rings. The third kappa shape index (κ3) is 3.64. The van der Waals surface area contributed by atoms with Gasteiger partial charge < -0.3 is 10.5 Å². The molecule has 2 nitrogen and oxygen atoms in total.